The molecule has 0 spiro atoms. The van der Waals surface area contributed by atoms with E-state index in [9.17, 15) is 9.46 Å². The monoisotopic (exact) mass is 442 g/mol. The Morgan fingerprint density at radius 3 is 1.41 bits per heavy atom. The molecular formula is C20H43O4PS2. The van der Waals surface area contributed by atoms with Gasteiger partial charge in [0.05, 0.1) is 0 Å². The standard InChI is InChI=1S/C20H43O4PS2/c1-5-7-9-11-13-15-17-26-19(3)23-25(21,22)24-20(4)27-18-16-14-12-10-8-6-2/h19-20H,5-18H2,1-4H3,(H,21,22). The maximum absolute atomic E-state index is 12.1. The van der Waals surface area contributed by atoms with Gasteiger partial charge in [-0.05, 0) is 38.2 Å². The van der Waals surface area contributed by atoms with E-state index in [1.165, 1.54) is 64.2 Å². The number of phosphoric ester groups is 1. The van der Waals surface area contributed by atoms with Crippen molar-refractivity contribution < 1.29 is 18.5 Å². The molecule has 0 aromatic carbocycles. The molecule has 0 rings (SSSR count). The third-order valence-electron chi connectivity index (χ3n) is 4.26. The van der Waals surface area contributed by atoms with Crippen LogP contribution in [0, 0.1) is 0 Å². The van der Waals surface area contributed by atoms with Gasteiger partial charge in [-0.1, -0.05) is 78.1 Å². The fourth-order valence-electron chi connectivity index (χ4n) is 2.72. The predicted octanol–water partition coefficient (Wildman–Crippen LogP) is 8.00. The van der Waals surface area contributed by atoms with E-state index in [0.717, 1.165) is 24.3 Å². The number of hydrogen-bond donors (Lipinski definition) is 1. The zero-order chi connectivity index (χ0) is 20.4. The first-order valence-corrected chi connectivity index (χ1v) is 14.4. The molecule has 2 unspecified atom stereocenters. The van der Waals surface area contributed by atoms with Crippen molar-refractivity contribution in [3.63, 3.8) is 0 Å². The number of thioether (sulfide) groups is 2. The molecule has 4 nitrogen and oxygen atoms in total. The first-order valence-electron chi connectivity index (χ1n) is 10.8. The van der Waals surface area contributed by atoms with Crippen molar-refractivity contribution in [1.82, 2.24) is 0 Å². The van der Waals surface area contributed by atoms with E-state index in [0.29, 0.717) is 0 Å². The van der Waals surface area contributed by atoms with E-state index >= 15 is 0 Å². The molecule has 0 aromatic heterocycles. The molecule has 2 atom stereocenters. The smallest absolute Gasteiger partial charge is 0.302 e. The first-order chi connectivity index (χ1) is 12.9. The average molecular weight is 443 g/mol. The summed E-state index contributed by atoms with van der Waals surface area (Å²) in [5, 5.41) is 0. The van der Waals surface area contributed by atoms with Crippen molar-refractivity contribution in [3.05, 3.63) is 0 Å². The molecule has 0 aromatic rings. The molecular weight excluding hydrogens is 399 g/mol. The van der Waals surface area contributed by atoms with Crippen LogP contribution >= 0.6 is 31.3 Å². The summed E-state index contributed by atoms with van der Waals surface area (Å²) in [4.78, 5) is 9.94. The van der Waals surface area contributed by atoms with E-state index in [1.54, 1.807) is 23.5 Å². The Balaban J connectivity index is 3.73. The van der Waals surface area contributed by atoms with Gasteiger partial charge in [0.1, 0.15) is 10.9 Å². The van der Waals surface area contributed by atoms with Crippen LogP contribution in [0.5, 0.6) is 0 Å². The van der Waals surface area contributed by atoms with Gasteiger partial charge in [-0.2, -0.15) is 0 Å². The van der Waals surface area contributed by atoms with Crippen molar-refractivity contribution in [2.45, 2.75) is 116 Å². The number of unbranched alkanes of at least 4 members (excludes halogenated alkanes) is 10. The summed E-state index contributed by atoms with van der Waals surface area (Å²) in [6.07, 6.45) is 15.0. The Labute approximate surface area is 176 Å². The lowest BCUT2D eigenvalue weighted by molar-refractivity contribution is 0.140. The minimum Gasteiger partial charge on any atom is -0.302 e. The molecule has 27 heavy (non-hydrogen) atoms. The fraction of sp³-hybridized carbons (Fsp3) is 1.00. The highest BCUT2D eigenvalue weighted by atomic mass is 32.2. The molecule has 0 fully saturated rings. The Kier molecular flexibility index (Phi) is 19.4. The predicted molar refractivity (Wildman–Crippen MR) is 123 cm³/mol. The number of hydrogen-bond acceptors (Lipinski definition) is 5. The highest BCUT2D eigenvalue weighted by Crippen LogP contribution is 2.48. The maximum atomic E-state index is 12.1. The van der Waals surface area contributed by atoms with Crippen LogP contribution in [-0.4, -0.2) is 27.3 Å². The Morgan fingerprint density at radius 1 is 0.704 bits per heavy atom. The highest BCUT2D eigenvalue weighted by Gasteiger charge is 2.27. The van der Waals surface area contributed by atoms with Crippen molar-refractivity contribution in [2.24, 2.45) is 0 Å². The molecule has 7 heteroatoms. The molecule has 0 heterocycles. The van der Waals surface area contributed by atoms with Crippen LogP contribution in [-0.2, 0) is 13.6 Å². The fourth-order valence-corrected chi connectivity index (χ4v) is 6.07. The Bertz CT molecular complexity index is 342. The summed E-state index contributed by atoms with van der Waals surface area (Å²) in [5.74, 6) is 1.91. The molecule has 0 amide bonds. The van der Waals surface area contributed by atoms with Crippen LogP contribution in [0.4, 0.5) is 0 Å². The minimum absolute atomic E-state index is 0.327. The quantitative estimate of drug-likeness (QED) is 0.117. The van der Waals surface area contributed by atoms with E-state index in [4.69, 9.17) is 9.05 Å². The Morgan fingerprint density at radius 2 is 1.04 bits per heavy atom. The number of phosphoric acid groups is 1. The van der Waals surface area contributed by atoms with E-state index in [1.807, 2.05) is 13.8 Å². The van der Waals surface area contributed by atoms with Crippen molar-refractivity contribution >= 4 is 31.3 Å². The lowest BCUT2D eigenvalue weighted by atomic mass is 10.1. The third kappa shape index (κ3) is 19.9. The summed E-state index contributed by atoms with van der Waals surface area (Å²) in [5.41, 5.74) is -0.653. The van der Waals surface area contributed by atoms with Crippen LogP contribution in [0.25, 0.3) is 0 Å². The molecule has 0 saturated carbocycles. The van der Waals surface area contributed by atoms with E-state index in [-0.39, 0.29) is 10.9 Å². The molecule has 0 bridgehead atoms. The van der Waals surface area contributed by atoms with E-state index in [2.05, 4.69) is 13.8 Å². The van der Waals surface area contributed by atoms with Gasteiger partial charge < -0.3 is 4.89 Å². The Hall–Kier alpha value is 0.810. The summed E-state index contributed by atoms with van der Waals surface area (Å²) in [6.45, 7) is 8.08. The van der Waals surface area contributed by atoms with Crippen molar-refractivity contribution in [2.75, 3.05) is 11.5 Å². The largest absolute Gasteiger partial charge is 0.474 e. The lowest BCUT2D eigenvalue weighted by Crippen LogP contribution is -2.09. The minimum atomic E-state index is -3.99. The number of rotatable bonds is 20. The van der Waals surface area contributed by atoms with Gasteiger partial charge in [-0.3, -0.25) is 9.05 Å². The van der Waals surface area contributed by atoms with Gasteiger partial charge in [-0.25, -0.2) is 4.57 Å². The molecule has 1 N–H and O–H groups in total. The van der Waals surface area contributed by atoms with E-state index < -0.39 is 7.82 Å². The molecule has 0 aliphatic rings. The molecule has 164 valence electrons. The van der Waals surface area contributed by atoms with Crippen LogP contribution < -0.4 is 0 Å². The van der Waals surface area contributed by atoms with Crippen molar-refractivity contribution in [3.8, 4) is 0 Å². The topological polar surface area (TPSA) is 55.8 Å². The SMILES string of the molecule is CCCCCCCCSC(C)OP(=O)(O)OC(C)SCCCCCCCC. The van der Waals surface area contributed by atoms with Gasteiger partial charge in [0.25, 0.3) is 0 Å². The molecule has 0 aliphatic carbocycles. The summed E-state index contributed by atoms with van der Waals surface area (Å²) in [7, 11) is -3.99. The summed E-state index contributed by atoms with van der Waals surface area (Å²) >= 11 is 3.17. The van der Waals surface area contributed by atoms with Gasteiger partial charge in [0.2, 0.25) is 0 Å². The molecule has 0 saturated heterocycles. The highest BCUT2D eigenvalue weighted by molar-refractivity contribution is 8.00. The zero-order valence-electron chi connectivity index (χ0n) is 18.0. The van der Waals surface area contributed by atoms with Crippen LogP contribution in [0.1, 0.15) is 105 Å². The van der Waals surface area contributed by atoms with Gasteiger partial charge in [0.15, 0.2) is 0 Å². The summed E-state index contributed by atoms with van der Waals surface area (Å²) < 4.78 is 22.7. The van der Waals surface area contributed by atoms with Gasteiger partial charge in [-0.15, -0.1) is 23.5 Å². The molecule has 0 aliphatic heterocycles. The van der Waals surface area contributed by atoms with Crippen LogP contribution in [0.2, 0.25) is 0 Å². The normalized spacial score (nSPS) is 16.2. The van der Waals surface area contributed by atoms with Gasteiger partial charge in [0, 0.05) is 0 Å². The average Bonchev–Trinajstić information content (AvgIpc) is 2.59. The first kappa shape index (κ1) is 27.8. The zero-order valence-corrected chi connectivity index (χ0v) is 20.5. The van der Waals surface area contributed by atoms with Crippen LogP contribution in [0.3, 0.4) is 0 Å². The second-order valence-electron chi connectivity index (χ2n) is 7.09. The van der Waals surface area contributed by atoms with Crippen molar-refractivity contribution in [1.29, 1.82) is 0 Å². The second-order valence-corrected chi connectivity index (χ2v) is 11.3. The summed E-state index contributed by atoms with van der Waals surface area (Å²) in [6, 6.07) is 0. The second kappa shape index (κ2) is 18.8. The lowest BCUT2D eigenvalue weighted by Gasteiger charge is -2.20. The van der Waals surface area contributed by atoms with Gasteiger partial charge >= 0.3 is 7.82 Å². The third-order valence-corrected chi connectivity index (χ3v) is 7.89. The molecule has 0 radical (unpaired) electrons. The van der Waals surface area contributed by atoms with Crippen LogP contribution in [0.15, 0.2) is 0 Å². The maximum Gasteiger partial charge on any atom is 0.474 e.